The lowest BCUT2D eigenvalue weighted by atomic mass is 9.77. The molecule has 1 unspecified atom stereocenters. The van der Waals surface area contributed by atoms with E-state index in [0.29, 0.717) is 5.41 Å². The van der Waals surface area contributed by atoms with Crippen LogP contribution in [0.25, 0.3) is 0 Å². The molecule has 0 spiro atoms. The van der Waals surface area contributed by atoms with Crippen molar-refractivity contribution in [1.29, 1.82) is 0 Å². The zero-order valence-corrected chi connectivity index (χ0v) is 9.19. The van der Waals surface area contributed by atoms with E-state index >= 15 is 0 Å². The molecule has 0 heteroatoms. The van der Waals surface area contributed by atoms with Crippen molar-refractivity contribution in [2.75, 3.05) is 0 Å². The summed E-state index contributed by atoms with van der Waals surface area (Å²) >= 11 is 0. The van der Waals surface area contributed by atoms with Crippen LogP contribution in [0.1, 0.15) is 59.8 Å². The van der Waals surface area contributed by atoms with E-state index in [-0.39, 0.29) is 0 Å². The molecule has 1 fully saturated rings. The molecular formula is C12H24. The van der Waals surface area contributed by atoms with Crippen LogP contribution in [0, 0.1) is 17.3 Å². The second-order valence-electron chi connectivity index (χ2n) is 5.65. The fourth-order valence-electron chi connectivity index (χ4n) is 2.10. The average molecular weight is 168 g/mol. The van der Waals surface area contributed by atoms with Crippen molar-refractivity contribution in [1.82, 2.24) is 0 Å². The van der Waals surface area contributed by atoms with Crippen LogP contribution in [0.4, 0.5) is 0 Å². The Bertz CT molecular complexity index is 123. The lowest BCUT2D eigenvalue weighted by Gasteiger charge is -2.29. The summed E-state index contributed by atoms with van der Waals surface area (Å²) < 4.78 is 0. The monoisotopic (exact) mass is 168 g/mol. The largest absolute Gasteiger partial charge is 0.0620 e. The van der Waals surface area contributed by atoms with Crippen molar-refractivity contribution in [3.63, 3.8) is 0 Å². The number of hydrogen-bond donors (Lipinski definition) is 0. The van der Waals surface area contributed by atoms with E-state index < -0.39 is 0 Å². The minimum Gasteiger partial charge on any atom is -0.0620 e. The van der Waals surface area contributed by atoms with Gasteiger partial charge in [-0.25, -0.2) is 0 Å². The summed E-state index contributed by atoms with van der Waals surface area (Å²) in [5, 5.41) is 0. The third-order valence-corrected chi connectivity index (χ3v) is 3.64. The molecule has 0 aromatic heterocycles. The molecule has 72 valence electrons. The molecule has 0 aromatic rings. The minimum atomic E-state index is 0.516. The normalized spacial score (nSPS) is 23.0. The Kier molecular flexibility index (Phi) is 3.20. The molecule has 0 aromatic carbocycles. The molecule has 1 rings (SSSR count). The van der Waals surface area contributed by atoms with Crippen LogP contribution in [-0.2, 0) is 0 Å². The lowest BCUT2D eigenvalue weighted by Crippen LogP contribution is -2.19. The van der Waals surface area contributed by atoms with Gasteiger partial charge in [-0.3, -0.25) is 0 Å². The van der Waals surface area contributed by atoms with Gasteiger partial charge in [-0.2, -0.15) is 0 Å². The quantitative estimate of drug-likeness (QED) is 0.578. The van der Waals surface area contributed by atoms with E-state index in [1.807, 2.05) is 0 Å². The van der Waals surface area contributed by atoms with Crippen molar-refractivity contribution in [3.8, 4) is 0 Å². The van der Waals surface area contributed by atoms with Gasteiger partial charge >= 0.3 is 0 Å². The van der Waals surface area contributed by atoms with E-state index in [1.165, 1.54) is 32.1 Å². The summed E-state index contributed by atoms with van der Waals surface area (Å²) in [4.78, 5) is 0. The Morgan fingerprint density at radius 1 is 1.17 bits per heavy atom. The topological polar surface area (TPSA) is 0 Å². The Hall–Kier alpha value is 0. The molecule has 0 saturated heterocycles. The molecule has 0 radical (unpaired) electrons. The highest BCUT2D eigenvalue weighted by Crippen LogP contribution is 2.36. The van der Waals surface area contributed by atoms with Crippen molar-refractivity contribution >= 4 is 0 Å². The lowest BCUT2D eigenvalue weighted by molar-refractivity contribution is 0.215. The average Bonchev–Trinajstić information content (AvgIpc) is 2.37. The van der Waals surface area contributed by atoms with Crippen LogP contribution in [-0.4, -0.2) is 0 Å². The van der Waals surface area contributed by atoms with Gasteiger partial charge in [0.25, 0.3) is 0 Å². The summed E-state index contributed by atoms with van der Waals surface area (Å²) in [7, 11) is 0. The molecule has 1 aliphatic carbocycles. The number of hydrogen-bond acceptors (Lipinski definition) is 0. The van der Waals surface area contributed by atoms with Gasteiger partial charge in [-0.05, 0) is 23.7 Å². The fourth-order valence-corrected chi connectivity index (χ4v) is 2.10. The van der Waals surface area contributed by atoms with Crippen molar-refractivity contribution < 1.29 is 0 Å². The van der Waals surface area contributed by atoms with E-state index in [1.54, 1.807) is 0 Å². The van der Waals surface area contributed by atoms with Crippen LogP contribution in [0.15, 0.2) is 0 Å². The molecule has 1 aliphatic rings. The van der Waals surface area contributed by atoms with Gasteiger partial charge in [-0.15, -0.1) is 0 Å². The molecule has 1 saturated carbocycles. The van der Waals surface area contributed by atoms with Gasteiger partial charge in [0.1, 0.15) is 0 Å². The zero-order chi connectivity index (χ0) is 9.19. The van der Waals surface area contributed by atoms with Crippen LogP contribution in [0.5, 0.6) is 0 Å². The van der Waals surface area contributed by atoms with E-state index in [9.17, 15) is 0 Å². The summed E-state index contributed by atoms with van der Waals surface area (Å²) in [6, 6.07) is 0. The van der Waals surface area contributed by atoms with E-state index in [4.69, 9.17) is 0 Å². The fraction of sp³-hybridized carbons (Fsp3) is 1.00. The second kappa shape index (κ2) is 3.81. The van der Waals surface area contributed by atoms with Gasteiger partial charge in [0.15, 0.2) is 0 Å². The van der Waals surface area contributed by atoms with Crippen molar-refractivity contribution in [2.24, 2.45) is 17.3 Å². The first-order valence-corrected chi connectivity index (χ1v) is 5.50. The molecule has 0 nitrogen and oxygen atoms in total. The molecule has 0 N–H and O–H groups in total. The van der Waals surface area contributed by atoms with Crippen LogP contribution in [0.3, 0.4) is 0 Å². The molecule has 1 atom stereocenters. The zero-order valence-electron chi connectivity index (χ0n) is 9.19. The van der Waals surface area contributed by atoms with Gasteiger partial charge in [0, 0.05) is 0 Å². The van der Waals surface area contributed by atoms with Gasteiger partial charge < -0.3 is 0 Å². The summed E-state index contributed by atoms with van der Waals surface area (Å²) in [5.41, 5.74) is 0.516. The second-order valence-corrected chi connectivity index (χ2v) is 5.65. The Balaban J connectivity index is 2.30. The summed E-state index contributed by atoms with van der Waals surface area (Å²) in [6.45, 7) is 9.52. The van der Waals surface area contributed by atoms with Crippen LogP contribution < -0.4 is 0 Å². The Morgan fingerprint density at radius 2 is 1.67 bits per heavy atom. The van der Waals surface area contributed by atoms with Gasteiger partial charge in [-0.1, -0.05) is 53.4 Å². The van der Waals surface area contributed by atoms with Crippen molar-refractivity contribution in [3.05, 3.63) is 0 Å². The SMILES string of the molecule is CC(CC1CCCC1)C(C)(C)C. The highest BCUT2D eigenvalue weighted by molar-refractivity contribution is 4.76. The first-order chi connectivity index (χ1) is 5.50. The molecule has 12 heavy (non-hydrogen) atoms. The summed E-state index contributed by atoms with van der Waals surface area (Å²) in [5.74, 6) is 1.94. The van der Waals surface area contributed by atoms with Crippen LogP contribution in [0.2, 0.25) is 0 Å². The van der Waals surface area contributed by atoms with Crippen LogP contribution >= 0.6 is 0 Å². The summed E-state index contributed by atoms with van der Waals surface area (Å²) in [6.07, 6.45) is 7.44. The van der Waals surface area contributed by atoms with E-state index in [0.717, 1.165) is 11.8 Å². The maximum absolute atomic E-state index is 2.42. The minimum absolute atomic E-state index is 0.516. The maximum atomic E-state index is 2.42. The third kappa shape index (κ3) is 2.80. The molecule has 0 amide bonds. The molecule has 0 heterocycles. The smallest absolute Gasteiger partial charge is 0.0357 e. The predicted molar refractivity (Wildman–Crippen MR) is 55.2 cm³/mol. The molecular weight excluding hydrogens is 144 g/mol. The number of rotatable bonds is 2. The Labute approximate surface area is 77.7 Å². The van der Waals surface area contributed by atoms with E-state index in [2.05, 4.69) is 27.7 Å². The highest BCUT2D eigenvalue weighted by atomic mass is 14.3. The first-order valence-electron chi connectivity index (χ1n) is 5.50. The molecule has 0 aliphatic heterocycles. The molecule has 0 bridgehead atoms. The highest BCUT2D eigenvalue weighted by Gasteiger charge is 2.24. The first kappa shape index (κ1) is 10.1. The maximum Gasteiger partial charge on any atom is -0.0357 e. The van der Waals surface area contributed by atoms with Gasteiger partial charge in [0.05, 0.1) is 0 Å². The van der Waals surface area contributed by atoms with Crippen molar-refractivity contribution in [2.45, 2.75) is 59.8 Å². The third-order valence-electron chi connectivity index (χ3n) is 3.64. The standard InChI is InChI=1S/C12H24/c1-10(12(2,3)4)9-11-7-5-6-8-11/h10-11H,5-9H2,1-4H3. The Morgan fingerprint density at radius 3 is 2.08 bits per heavy atom. The predicted octanol–water partition coefficient (Wildman–Crippen LogP) is 4.25. The van der Waals surface area contributed by atoms with Gasteiger partial charge in [0.2, 0.25) is 0 Å².